The van der Waals surface area contributed by atoms with Crippen LogP contribution in [0.2, 0.25) is 15.1 Å². The summed E-state index contributed by atoms with van der Waals surface area (Å²) in [5.41, 5.74) is 0.822. The number of para-hydroxylation sites is 1. The number of hydrogen-bond donors (Lipinski definition) is 2. The maximum absolute atomic E-state index is 13.0. The summed E-state index contributed by atoms with van der Waals surface area (Å²) in [6.45, 7) is -0.353. The van der Waals surface area contributed by atoms with Crippen molar-refractivity contribution in [2.45, 2.75) is 0 Å². The predicted molar refractivity (Wildman–Crippen MR) is 137 cm³/mol. The Labute approximate surface area is 220 Å². The van der Waals surface area contributed by atoms with Crippen molar-refractivity contribution in [1.82, 2.24) is 5.32 Å². The zero-order valence-electron chi connectivity index (χ0n) is 18.3. The minimum absolute atomic E-state index is 0.0520. The number of nitrogens with zero attached hydrogens (tertiary/aromatic N) is 1. The Kier molecular flexibility index (Phi) is 7.59. The largest absolute Gasteiger partial charge is 0.481 e. The second kappa shape index (κ2) is 10.8. The van der Waals surface area contributed by atoms with E-state index >= 15 is 0 Å². The van der Waals surface area contributed by atoms with Crippen LogP contribution in [0.5, 0.6) is 5.75 Å². The third kappa shape index (κ3) is 5.68. The van der Waals surface area contributed by atoms with Crippen LogP contribution in [-0.2, 0) is 14.4 Å². The van der Waals surface area contributed by atoms with Crippen molar-refractivity contribution < 1.29 is 23.9 Å². The smallest absolute Gasteiger partial charge is 0.335 e. The molecule has 0 radical (unpaired) electrons. The Balaban J connectivity index is 1.53. The third-order valence-corrected chi connectivity index (χ3v) is 5.74. The molecule has 1 fully saturated rings. The number of imide groups is 2. The number of anilines is 2. The van der Waals surface area contributed by atoms with Gasteiger partial charge in [-0.05, 0) is 60.2 Å². The maximum Gasteiger partial charge on any atom is 0.335 e. The molecule has 4 rings (SSSR count). The van der Waals surface area contributed by atoms with Gasteiger partial charge in [-0.1, -0.05) is 53.0 Å². The van der Waals surface area contributed by atoms with Gasteiger partial charge in [-0.2, -0.15) is 0 Å². The molecule has 11 heteroatoms. The number of rotatable bonds is 6. The average Bonchev–Trinajstić information content (AvgIpc) is 2.83. The summed E-state index contributed by atoms with van der Waals surface area (Å²) in [5, 5.41) is 5.32. The van der Waals surface area contributed by atoms with Gasteiger partial charge in [-0.15, -0.1) is 0 Å². The molecular formula is C25H16Cl3N3O5. The molecule has 0 aromatic heterocycles. The lowest BCUT2D eigenvalue weighted by molar-refractivity contribution is -0.122. The highest BCUT2D eigenvalue weighted by Crippen LogP contribution is 2.35. The van der Waals surface area contributed by atoms with Crippen molar-refractivity contribution in [3.05, 3.63) is 92.9 Å². The number of nitrogens with one attached hydrogen (secondary N) is 2. The zero-order valence-corrected chi connectivity index (χ0v) is 20.5. The molecule has 5 amide bonds. The Morgan fingerprint density at radius 3 is 2.22 bits per heavy atom. The van der Waals surface area contributed by atoms with Crippen LogP contribution in [0.4, 0.5) is 16.2 Å². The van der Waals surface area contributed by atoms with E-state index < -0.39 is 23.8 Å². The van der Waals surface area contributed by atoms with Gasteiger partial charge in [0.05, 0.1) is 15.7 Å². The van der Waals surface area contributed by atoms with Crippen molar-refractivity contribution in [3.63, 3.8) is 0 Å². The third-order valence-electron chi connectivity index (χ3n) is 4.92. The number of amides is 5. The molecule has 0 unspecified atom stereocenters. The van der Waals surface area contributed by atoms with Crippen LogP contribution >= 0.6 is 34.8 Å². The monoisotopic (exact) mass is 543 g/mol. The van der Waals surface area contributed by atoms with E-state index in [4.69, 9.17) is 39.5 Å². The van der Waals surface area contributed by atoms with Gasteiger partial charge in [0, 0.05) is 10.7 Å². The van der Waals surface area contributed by atoms with Crippen LogP contribution in [0.3, 0.4) is 0 Å². The Bertz CT molecular complexity index is 1370. The van der Waals surface area contributed by atoms with E-state index in [1.54, 1.807) is 24.3 Å². The van der Waals surface area contributed by atoms with Crippen molar-refractivity contribution in [3.8, 4) is 5.75 Å². The number of hydrogen-bond acceptors (Lipinski definition) is 5. The number of urea groups is 1. The summed E-state index contributed by atoms with van der Waals surface area (Å²) in [6, 6.07) is 16.7. The highest BCUT2D eigenvalue weighted by atomic mass is 35.5. The standard InChI is InChI=1S/C25H16Cl3N3O5/c26-15-6-8-17(9-7-15)31-24(34)18(23(33)30-25(31)35)10-14-11-19(27)22(20(28)12-14)36-13-21(32)29-16-4-2-1-3-5-16/h1-12H,13H2,(H,29,32)(H,30,33,35)/b18-10-. The second-order valence-electron chi connectivity index (χ2n) is 7.45. The molecule has 3 aromatic carbocycles. The normalized spacial score (nSPS) is 14.6. The molecule has 3 aromatic rings. The molecule has 0 spiro atoms. The minimum Gasteiger partial charge on any atom is -0.481 e. The van der Waals surface area contributed by atoms with Gasteiger partial charge < -0.3 is 10.1 Å². The first-order valence-electron chi connectivity index (χ1n) is 10.4. The molecule has 0 saturated carbocycles. The Morgan fingerprint density at radius 2 is 1.58 bits per heavy atom. The molecule has 0 atom stereocenters. The lowest BCUT2D eigenvalue weighted by Gasteiger charge is -2.26. The van der Waals surface area contributed by atoms with Crippen LogP contribution in [0.1, 0.15) is 5.56 Å². The van der Waals surface area contributed by atoms with E-state index in [9.17, 15) is 19.2 Å². The van der Waals surface area contributed by atoms with Crippen molar-refractivity contribution >= 4 is 76.0 Å². The number of barbiturate groups is 1. The molecule has 0 bridgehead atoms. The summed E-state index contributed by atoms with van der Waals surface area (Å²) in [4.78, 5) is 50.7. The number of ether oxygens (including phenoxy) is 1. The molecule has 1 aliphatic heterocycles. The van der Waals surface area contributed by atoms with E-state index in [1.165, 1.54) is 42.5 Å². The number of carbonyl (C=O) groups is 4. The fraction of sp³-hybridized carbons (Fsp3) is 0.0400. The number of carbonyl (C=O) groups excluding carboxylic acids is 4. The van der Waals surface area contributed by atoms with Gasteiger partial charge in [0.2, 0.25) is 0 Å². The quantitative estimate of drug-likeness (QED) is 0.322. The molecule has 36 heavy (non-hydrogen) atoms. The minimum atomic E-state index is -0.891. The number of benzene rings is 3. The molecule has 0 aliphatic carbocycles. The van der Waals surface area contributed by atoms with Gasteiger partial charge >= 0.3 is 6.03 Å². The Hall–Kier alpha value is -3.85. The van der Waals surface area contributed by atoms with Crippen molar-refractivity contribution in [2.75, 3.05) is 16.8 Å². The van der Waals surface area contributed by atoms with Crippen LogP contribution in [0.15, 0.2) is 72.3 Å². The molecule has 1 aliphatic rings. The van der Waals surface area contributed by atoms with Crippen LogP contribution in [-0.4, -0.2) is 30.4 Å². The van der Waals surface area contributed by atoms with E-state index in [1.807, 2.05) is 6.07 Å². The fourth-order valence-electron chi connectivity index (χ4n) is 3.31. The van der Waals surface area contributed by atoms with Gasteiger partial charge in [0.25, 0.3) is 17.7 Å². The highest BCUT2D eigenvalue weighted by Gasteiger charge is 2.36. The summed E-state index contributed by atoms with van der Waals surface area (Å²) in [6.07, 6.45) is 1.25. The first-order chi connectivity index (χ1) is 17.2. The summed E-state index contributed by atoms with van der Waals surface area (Å²) >= 11 is 18.5. The van der Waals surface area contributed by atoms with Crippen LogP contribution in [0, 0.1) is 0 Å². The van der Waals surface area contributed by atoms with E-state index in [0.717, 1.165) is 4.90 Å². The van der Waals surface area contributed by atoms with Crippen molar-refractivity contribution in [1.29, 1.82) is 0 Å². The highest BCUT2D eigenvalue weighted by molar-refractivity contribution is 6.40. The van der Waals surface area contributed by atoms with Gasteiger partial charge in [0.1, 0.15) is 5.57 Å². The van der Waals surface area contributed by atoms with Crippen molar-refractivity contribution in [2.24, 2.45) is 0 Å². The maximum atomic E-state index is 13.0. The van der Waals surface area contributed by atoms with Crippen LogP contribution in [0.25, 0.3) is 6.08 Å². The first kappa shape index (κ1) is 25.2. The summed E-state index contributed by atoms with van der Waals surface area (Å²) < 4.78 is 5.48. The van der Waals surface area contributed by atoms with E-state index in [0.29, 0.717) is 16.3 Å². The lowest BCUT2D eigenvalue weighted by atomic mass is 10.1. The first-order valence-corrected chi connectivity index (χ1v) is 11.5. The van der Waals surface area contributed by atoms with Gasteiger partial charge in [0.15, 0.2) is 12.4 Å². The topological polar surface area (TPSA) is 105 Å². The zero-order chi connectivity index (χ0) is 25.8. The molecule has 182 valence electrons. The van der Waals surface area contributed by atoms with Crippen LogP contribution < -0.4 is 20.3 Å². The van der Waals surface area contributed by atoms with Gasteiger partial charge in [-0.25, -0.2) is 9.69 Å². The predicted octanol–water partition coefficient (Wildman–Crippen LogP) is 5.33. The fourth-order valence-corrected chi connectivity index (χ4v) is 4.04. The lowest BCUT2D eigenvalue weighted by Crippen LogP contribution is -2.54. The molecule has 1 heterocycles. The van der Waals surface area contributed by atoms with E-state index in [2.05, 4.69) is 10.6 Å². The molecule has 8 nitrogen and oxygen atoms in total. The Morgan fingerprint density at radius 1 is 0.944 bits per heavy atom. The molecule has 2 N–H and O–H groups in total. The summed E-state index contributed by atoms with van der Waals surface area (Å²) in [7, 11) is 0. The summed E-state index contributed by atoms with van der Waals surface area (Å²) in [5.74, 6) is -2.08. The van der Waals surface area contributed by atoms with E-state index in [-0.39, 0.29) is 33.7 Å². The molecular weight excluding hydrogens is 529 g/mol. The second-order valence-corrected chi connectivity index (χ2v) is 8.70. The average molecular weight is 545 g/mol. The number of halogens is 3. The molecule has 1 saturated heterocycles. The SMILES string of the molecule is O=C(COc1c(Cl)cc(/C=C2/C(=O)NC(=O)N(c3ccc(Cl)cc3)C2=O)cc1Cl)Nc1ccccc1. The van der Waals surface area contributed by atoms with Gasteiger partial charge in [-0.3, -0.25) is 19.7 Å².